The highest BCUT2D eigenvalue weighted by Crippen LogP contribution is 2.16. The van der Waals surface area contributed by atoms with Gasteiger partial charge in [0.2, 0.25) is 0 Å². The number of aromatic nitrogens is 2. The molecule has 4 heteroatoms. The topological polar surface area (TPSA) is 63.8 Å². The molecular weight excluding hydrogens is 164 g/mol. The first-order valence-corrected chi connectivity index (χ1v) is 4.34. The summed E-state index contributed by atoms with van der Waals surface area (Å²) in [6.07, 6.45) is 6.48. The van der Waals surface area contributed by atoms with Crippen molar-refractivity contribution < 1.29 is 0 Å². The maximum absolute atomic E-state index is 5.45. The van der Waals surface area contributed by atoms with Crippen LogP contribution in [0.1, 0.15) is 12.1 Å². The zero-order chi connectivity index (χ0) is 9.10. The molecule has 0 fully saturated rings. The van der Waals surface area contributed by atoms with Crippen LogP contribution in [0, 0.1) is 0 Å². The highest BCUT2D eigenvalue weighted by molar-refractivity contribution is 5.63. The van der Waals surface area contributed by atoms with E-state index >= 15 is 0 Å². The number of nitrogens with one attached hydrogen (secondary N) is 1. The Bertz CT molecular complexity index is 315. The molecule has 0 saturated heterocycles. The predicted molar refractivity (Wildman–Crippen MR) is 51.9 cm³/mol. The third-order valence-electron chi connectivity index (χ3n) is 2.06. The maximum Gasteiger partial charge on any atom is 0.141 e. The summed E-state index contributed by atoms with van der Waals surface area (Å²) < 4.78 is 0. The Morgan fingerprint density at radius 3 is 2.85 bits per heavy atom. The molecule has 1 aliphatic heterocycles. The highest BCUT2D eigenvalue weighted by atomic mass is 14.9. The van der Waals surface area contributed by atoms with Crippen LogP contribution in [0.2, 0.25) is 0 Å². The smallest absolute Gasteiger partial charge is 0.141 e. The second-order valence-electron chi connectivity index (χ2n) is 3.01. The second kappa shape index (κ2) is 3.53. The first-order valence-electron chi connectivity index (χ1n) is 4.34. The highest BCUT2D eigenvalue weighted by Gasteiger charge is 2.06. The van der Waals surface area contributed by atoms with E-state index in [-0.39, 0.29) is 0 Å². The largest absolute Gasteiger partial charge is 0.382 e. The number of rotatable bonds is 1. The van der Waals surface area contributed by atoms with Crippen LogP contribution in [-0.4, -0.2) is 23.1 Å². The molecule has 3 N–H and O–H groups in total. The summed E-state index contributed by atoms with van der Waals surface area (Å²) in [7, 11) is 0. The summed E-state index contributed by atoms with van der Waals surface area (Å²) in [5.41, 5.74) is 7.65. The van der Waals surface area contributed by atoms with Crippen LogP contribution in [0.15, 0.2) is 18.5 Å². The Labute approximate surface area is 76.9 Å². The van der Waals surface area contributed by atoms with Crippen LogP contribution < -0.4 is 11.1 Å². The molecule has 1 aromatic heterocycles. The molecule has 2 heterocycles. The molecule has 4 nitrogen and oxygen atoms in total. The monoisotopic (exact) mass is 176 g/mol. The molecule has 0 saturated carbocycles. The molecular formula is C9H12N4. The summed E-state index contributed by atoms with van der Waals surface area (Å²) in [5, 5.41) is 3.25. The van der Waals surface area contributed by atoms with E-state index in [2.05, 4.69) is 21.4 Å². The molecule has 2 rings (SSSR count). The van der Waals surface area contributed by atoms with Gasteiger partial charge < -0.3 is 11.1 Å². The van der Waals surface area contributed by atoms with Crippen LogP contribution in [0.5, 0.6) is 0 Å². The lowest BCUT2D eigenvalue weighted by Gasteiger charge is -2.12. The number of hydrogen-bond donors (Lipinski definition) is 2. The van der Waals surface area contributed by atoms with Crippen LogP contribution in [0.3, 0.4) is 0 Å². The summed E-state index contributed by atoms with van der Waals surface area (Å²) in [6, 6.07) is 0. The molecule has 0 amide bonds. The Morgan fingerprint density at radius 2 is 2.23 bits per heavy atom. The van der Waals surface area contributed by atoms with Gasteiger partial charge in [0.25, 0.3) is 0 Å². The van der Waals surface area contributed by atoms with Gasteiger partial charge in [-0.05, 0) is 18.5 Å². The minimum atomic E-state index is 0.471. The van der Waals surface area contributed by atoms with E-state index in [1.54, 1.807) is 12.4 Å². The Morgan fingerprint density at radius 1 is 1.31 bits per heavy atom. The molecule has 0 radical (unpaired) electrons. The minimum Gasteiger partial charge on any atom is -0.382 e. The van der Waals surface area contributed by atoms with Gasteiger partial charge in [0.15, 0.2) is 0 Å². The fourth-order valence-corrected chi connectivity index (χ4v) is 1.36. The lowest BCUT2D eigenvalue weighted by atomic mass is 10.1. The lowest BCUT2D eigenvalue weighted by molar-refractivity contribution is 0.736. The van der Waals surface area contributed by atoms with Crippen LogP contribution in [0.25, 0.3) is 5.57 Å². The van der Waals surface area contributed by atoms with E-state index in [4.69, 9.17) is 5.73 Å². The summed E-state index contributed by atoms with van der Waals surface area (Å²) in [6.45, 7) is 1.93. The van der Waals surface area contributed by atoms with E-state index in [0.717, 1.165) is 25.2 Å². The first-order chi connectivity index (χ1) is 6.36. The molecule has 0 aromatic carbocycles. The molecule has 0 spiro atoms. The van der Waals surface area contributed by atoms with Crippen molar-refractivity contribution in [2.45, 2.75) is 6.42 Å². The van der Waals surface area contributed by atoms with Gasteiger partial charge in [-0.15, -0.1) is 0 Å². The van der Waals surface area contributed by atoms with Crippen LogP contribution >= 0.6 is 0 Å². The van der Waals surface area contributed by atoms with Gasteiger partial charge in [-0.3, -0.25) is 4.98 Å². The van der Waals surface area contributed by atoms with Crippen LogP contribution in [0.4, 0.5) is 5.82 Å². The van der Waals surface area contributed by atoms with Gasteiger partial charge in [0.05, 0.1) is 18.1 Å². The van der Waals surface area contributed by atoms with E-state index in [1.807, 2.05) is 0 Å². The Hall–Kier alpha value is -1.42. The quantitative estimate of drug-likeness (QED) is 0.651. The number of hydrogen-bond acceptors (Lipinski definition) is 4. The summed E-state index contributed by atoms with van der Waals surface area (Å²) in [4.78, 5) is 8.23. The SMILES string of the molecule is Nc1cnc(C2=CCNCC2)cn1. The zero-order valence-corrected chi connectivity index (χ0v) is 7.33. The van der Waals surface area contributed by atoms with E-state index in [1.165, 1.54) is 5.57 Å². The van der Waals surface area contributed by atoms with Crippen molar-refractivity contribution >= 4 is 11.4 Å². The standard InChI is InChI=1S/C9H12N4/c10-9-6-12-8(5-13-9)7-1-3-11-4-2-7/h1,5-6,11H,2-4H2,(H2,10,13). The Balaban J connectivity index is 2.24. The van der Waals surface area contributed by atoms with Gasteiger partial charge in [-0.1, -0.05) is 6.08 Å². The third kappa shape index (κ3) is 1.84. The Kier molecular flexibility index (Phi) is 2.23. The predicted octanol–water partition coefficient (Wildman–Crippen LogP) is 0.436. The lowest BCUT2D eigenvalue weighted by Crippen LogP contribution is -2.20. The van der Waals surface area contributed by atoms with Crippen molar-refractivity contribution in [2.75, 3.05) is 18.8 Å². The minimum absolute atomic E-state index is 0.471. The van der Waals surface area contributed by atoms with Crippen molar-refractivity contribution in [2.24, 2.45) is 0 Å². The maximum atomic E-state index is 5.45. The van der Waals surface area contributed by atoms with Gasteiger partial charge in [-0.2, -0.15) is 0 Å². The molecule has 13 heavy (non-hydrogen) atoms. The van der Waals surface area contributed by atoms with Gasteiger partial charge in [-0.25, -0.2) is 4.98 Å². The van der Waals surface area contributed by atoms with Crippen molar-refractivity contribution in [1.29, 1.82) is 0 Å². The molecule has 68 valence electrons. The summed E-state index contributed by atoms with van der Waals surface area (Å²) in [5.74, 6) is 0.471. The molecule has 0 atom stereocenters. The van der Waals surface area contributed by atoms with Gasteiger partial charge >= 0.3 is 0 Å². The third-order valence-corrected chi connectivity index (χ3v) is 2.06. The molecule has 0 bridgehead atoms. The van der Waals surface area contributed by atoms with E-state index in [9.17, 15) is 0 Å². The number of anilines is 1. The second-order valence-corrected chi connectivity index (χ2v) is 3.01. The van der Waals surface area contributed by atoms with E-state index in [0.29, 0.717) is 5.82 Å². The summed E-state index contributed by atoms with van der Waals surface area (Å²) >= 11 is 0. The zero-order valence-electron chi connectivity index (χ0n) is 7.33. The van der Waals surface area contributed by atoms with Crippen molar-refractivity contribution in [1.82, 2.24) is 15.3 Å². The van der Waals surface area contributed by atoms with Gasteiger partial charge in [0.1, 0.15) is 5.82 Å². The average Bonchev–Trinajstić information content (AvgIpc) is 2.20. The number of nitrogen functional groups attached to an aromatic ring is 1. The van der Waals surface area contributed by atoms with Crippen molar-refractivity contribution in [3.05, 3.63) is 24.2 Å². The normalized spacial score (nSPS) is 16.8. The average molecular weight is 176 g/mol. The molecule has 1 aromatic rings. The number of nitrogens with zero attached hydrogens (tertiary/aromatic N) is 2. The molecule has 1 aliphatic rings. The van der Waals surface area contributed by atoms with Gasteiger partial charge in [0, 0.05) is 6.54 Å². The van der Waals surface area contributed by atoms with E-state index < -0.39 is 0 Å². The molecule has 0 unspecified atom stereocenters. The number of nitrogens with two attached hydrogens (primary N) is 1. The fraction of sp³-hybridized carbons (Fsp3) is 0.333. The van der Waals surface area contributed by atoms with Crippen LogP contribution in [-0.2, 0) is 0 Å². The van der Waals surface area contributed by atoms with Crippen molar-refractivity contribution in [3.63, 3.8) is 0 Å². The fourth-order valence-electron chi connectivity index (χ4n) is 1.36. The first kappa shape index (κ1) is 8.19. The van der Waals surface area contributed by atoms with Crippen molar-refractivity contribution in [3.8, 4) is 0 Å². The molecule has 0 aliphatic carbocycles.